The smallest absolute Gasteiger partial charge is 0.317 e. The molecule has 0 unspecified atom stereocenters. The van der Waals surface area contributed by atoms with Crippen molar-refractivity contribution in [3.63, 3.8) is 0 Å². The van der Waals surface area contributed by atoms with E-state index in [1.165, 1.54) is 12.1 Å². The molecule has 0 atom stereocenters. The third kappa shape index (κ3) is 9.52. The molecule has 28 heavy (non-hydrogen) atoms. The highest BCUT2D eigenvalue weighted by Crippen LogP contribution is 2.29. The zero-order chi connectivity index (χ0) is 21.5. The lowest BCUT2D eigenvalue weighted by molar-refractivity contribution is 0.610. The van der Waals surface area contributed by atoms with Crippen molar-refractivity contribution in [3.8, 4) is 0 Å². The third-order valence-corrected chi connectivity index (χ3v) is 4.82. The van der Waals surface area contributed by atoms with E-state index < -0.39 is 17.3 Å². The molecule has 3 aromatic carbocycles. The van der Waals surface area contributed by atoms with E-state index in [-0.39, 0.29) is 4.90 Å². The Morgan fingerprint density at radius 1 is 0.679 bits per heavy atom. The van der Waals surface area contributed by atoms with Crippen molar-refractivity contribution in [3.05, 3.63) is 70.7 Å². The molecule has 0 bridgehead atoms. The van der Waals surface area contributed by atoms with Gasteiger partial charge in [0.25, 0.3) is 9.05 Å². The molecule has 0 aliphatic carbocycles. The summed E-state index contributed by atoms with van der Waals surface area (Å²) in [4.78, 5) is 0.0916. The first-order valence-corrected chi connectivity index (χ1v) is 13.3. The van der Waals surface area contributed by atoms with Crippen LogP contribution in [0, 0.1) is 0 Å². The van der Waals surface area contributed by atoms with E-state index in [2.05, 4.69) is 21.4 Å². The number of hydrogen-bond donors (Lipinski definition) is 1. The number of halogens is 5. The van der Waals surface area contributed by atoms with Gasteiger partial charge in [0.15, 0.2) is 0 Å². The molecule has 0 amide bonds. The van der Waals surface area contributed by atoms with Crippen molar-refractivity contribution in [1.29, 1.82) is 0 Å². The minimum Gasteiger partial charge on any atom is -0.398 e. The van der Waals surface area contributed by atoms with Crippen molar-refractivity contribution in [1.82, 2.24) is 0 Å². The van der Waals surface area contributed by atoms with Gasteiger partial charge in [0.1, 0.15) is 0 Å². The number of nitrogen functional groups attached to an aromatic ring is 1. The summed E-state index contributed by atoms with van der Waals surface area (Å²) in [5.74, 6) is 0. The minimum absolute atomic E-state index is 0.0916. The van der Waals surface area contributed by atoms with Crippen molar-refractivity contribution in [2.75, 3.05) is 5.73 Å². The van der Waals surface area contributed by atoms with Gasteiger partial charge in [0, 0.05) is 58.6 Å². The maximum absolute atomic E-state index is 11.3. The maximum atomic E-state index is 11.3. The van der Waals surface area contributed by atoms with Gasteiger partial charge in [-0.25, -0.2) is 8.42 Å². The van der Waals surface area contributed by atoms with Crippen LogP contribution in [0.25, 0.3) is 10.8 Å². The molecule has 0 saturated carbocycles. The summed E-state index contributed by atoms with van der Waals surface area (Å²) in [5.41, 5.74) is 6.27. The average Bonchev–Trinajstić information content (AvgIpc) is 2.53. The second-order valence-electron chi connectivity index (χ2n) is 4.95. The molecule has 5 nitrogen and oxygen atoms in total. The van der Waals surface area contributed by atoms with Crippen LogP contribution in [0.3, 0.4) is 0 Å². The summed E-state index contributed by atoms with van der Waals surface area (Å²) in [6, 6.07) is 17.0. The SMILES string of the molecule is Clc1cccc(Cl)c1.Nc1ccc(S(=O)(=O)Cl)c2ccccc12.O=S(=O)(Cl)Cl. The van der Waals surface area contributed by atoms with Gasteiger partial charge >= 0.3 is 8.26 Å². The second kappa shape index (κ2) is 10.7. The zero-order valence-corrected chi connectivity index (χ0v) is 19.1. The van der Waals surface area contributed by atoms with Crippen molar-refractivity contribution < 1.29 is 16.8 Å². The van der Waals surface area contributed by atoms with E-state index in [0.29, 0.717) is 26.5 Å². The molecule has 0 saturated heterocycles. The number of fused-ring (bicyclic) bond motifs is 1. The maximum Gasteiger partial charge on any atom is 0.317 e. The number of anilines is 1. The van der Waals surface area contributed by atoms with Crippen LogP contribution < -0.4 is 5.73 Å². The molecule has 0 spiro atoms. The summed E-state index contributed by atoms with van der Waals surface area (Å²) in [6.45, 7) is 0. The summed E-state index contributed by atoms with van der Waals surface area (Å²) in [7, 11) is 6.41. The van der Waals surface area contributed by atoms with Crippen molar-refractivity contribution in [2.24, 2.45) is 0 Å². The van der Waals surface area contributed by atoms with E-state index in [0.717, 1.165) is 0 Å². The Morgan fingerprint density at radius 2 is 1.14 bits per heavy atom. The molecule has 3 rings (SSSR count). The summed E-state index contributed by atoms with van der Waals surface area (Å²) >= 11 is 11.1. The fourth-order valence-corrected chi connectivity index (χ4v) is 3.48. The summed E-state index contributed by atoms with van der Waals surface area (Å²) in [6.07, 6.45) is 0. The number of nitrogens with two attached hydrogens (primary N) is 1. The fourth-order valence-electron chi connectivity index (χ4n) is 1.97. The molecule has 0 aliphatic heterocycles. The van der Waals surface area contributed by atoms with Crippen molar-refractivity contribution in [2.45, 2.75) is 4.90 Å². The molecule has 0 heterocycles. The van der Waals surface area contributed by atoms with Gasteiger partial charge in [-0.2, -0.15) is 8.42 Å². The third-order valence-electron chi connectivity index (χ3n) is 2.97. The molecule has 0 aromatic heterocycles. The van der Waals surface area contributed by atoms with Gasteiger partial charge in [0.05, 0.1) is 4.90 Å². The monoisotopic (exact) mass is 521 g/mol. The number of rotatable bonds is 1. The highest BCUT2D eigenvalue weighted by Gasteiger charge is 2.14. The predicted octanol–water partition coefficient (Wildman–Crippen LogP) is 6.05. The Balaban J connectivity index is 0.000000253. The van der Waals surface area contributed by atoms with Crippen molar-refractivity contribution >= 4 is 89.0 Å². The molecule has 12 heteroatoms. The van der Waals surface area contributed by atoms with Crippen LogP contribution in [0.15, 0.2) is 65.6 Å². The zero-order valence-electron chi connectivity index (χ0n) is 13.7. The Hall–Kier alpha value is -0.930. The Bertz CT molecular complexity index is 1140. The van der Waals surface area contributed by atoms with Gasteiger partial charge in [-0.3, -0.25) is 0 Å². The van der Waals surface area contributed by atoms with E-state index in [4.69, 9.17) is 48.0 Å². The minimum atomic E-state index is -3.73. The van der Waals surface area contributed by atoms with E-state index >= 15 is 0 Å². The van der Waals surface area contributed by atoms with Gasteiger partial charge in [-0.15, -0.1) is 0 Å². The Labute approximate surface area is 186 Å². The highest BCUT2D eigenvalue weighted by molar-refractivity contribution is 8.31. The molecule has 152 valence electrons. The average molecular weight is 524 g/mol. The van der Waals surface area contributed by atoms with Gasteiger partial charge in [-0.1, -0.05) is 53.5 Å². The number of hydrogen-bond acceptors (Lipinski definition) is 5. The normalized spacial score (nSPS) is 11.0. The quantitative estimate of drug-likeness (QED) is 0.309. The molecular formula is C16H12Cl5NO4S2. The molecule has 3 aromatic rings. The van der Waals surface area contributed by atoms with E-state index in [1.807, 2.05) is 6.07 Å². The van der Waals surface area contributed by atoms with Crippen LogP contribution in [-0.2, 0) is 17.3 Å². The Morgan fingerprint density at radius 3 is 1.54 bits per heavy atom. The summed E-state index contributed by atoms with van der Waals surface area (Å²) in [5, 5.41) is 2.60. The van der Waals surface area contributed by atoms with Crippen LogP contribution in [0.1, 0.15) is 0 Å². The van der Waals surface area contributed by atoms with Crippen LogP contribution in [0.5, 0.6) is 0 Å². The lowest BCUT2D eigenvalue weighted by atomic mass is 10.1. The predicted molar refractivity (Wildman–Crippen MR) is 118 cm³/mol. The first kappa shape index (κ1) is 25.1. The first-order chi connectivity index (χ1) is 12.8. The lowest BCUT2D eigenvalue weighted by Crippen LogP contribution is -1.95. The topological polar surface area (TPSA) is 94.3 Å². The van der Waals surface area contributed by atoms with E-state index in [9.17, 15) is 8.42 Å². The molecule has 0 radical (unpaired) electrons. The molecule has 2 N–H and O–H groups in total. The molecule has 0 aliphatic rings. The van der Waals surface area contributed by atoms with Crippen LogP contribution in [0.4, 0.5) is 5.69 Å². The fraction of sp³-hybridized carbons (Fsp3) is 0. The second-order valence-corrected chi connectivity index (χ2v) is 12.0. The van der Waals surface area contributed by atoms with Crippen LogP contribution in [-0.4, -0.2) is 16.8 Å². The van der Waals surface area contributed by atoms with Crippen LogP contribution >= 0.6 is 55.2 Å². The van der Waals surface area contributed by atoms with Crippen LogP contribution in [0.2, 0.25) is 10.0 Å². The number of benzene rings is 3. The Kier molecular flexibility index (Phi) is 9.62. The van der Waals surface area contributed by atoms with E-state index in [1.54, 1.807) is 42.5 Å². The van der Waals surface area contributed by atoms with Gasteiger partial charge in [0.2, 0.25) is 0 Å². The first-order valence-electron chi connectivity index (χ1n) is 7.06. The van der Waals surface area contributed by atoms with Gasteiger partial charge < -0.3 is 5.73 Å². The molecular weight excluding hydrogens is 512 g/mol. The summed E-state index contributed by atoms with van der Waals surface area (Å²) < 4.78 is 40.9. The van der Waals surface area contributed by atoms with Gasteiger partial charge in [-0.05, 0) is 30.3 Å². The molecule has 0 fully saturated rings. The standard InChI is InChI=1S/C10H8ClNO2S.C6H4Cl2.Cl2O2S/c11-15(13,14)10-6-5-9(12)7-3-1-2-4-8(7)10;7-5-2-1-3-6(8)4-5;1-5(2,3)4/h1-6H,12H2;1-4H;. The highest BCUT2D eigenvalue weighted by atomic mass is 36.0. The lowest BCUT2D eigenvalue weighted by Gasteiger charge is -2.05. The largest absolute Gasteiger partial charge is 0.398 e.